The van der Waals surface area contributed by atoms with Crippen LogP contribution in [0, 0.1) is 5.92 Å². The molecule has 0 aromatic heterocycles. The maximum absolute atomic E-state index is 13.3. The molecule has 0 heterocycles. The Morgan fingerprint density at radius 3 is 2.33 bits per heavy atom. The number of nitrogens with zero attached hydrogens (tertiary/aromatic N) is 2. The Morgan fingerprint density at radius 2 is 1.79 bits per heavy atom. The summed E-state index contributed by atoms with van der Waals surface area (Å²) in [6, 6.07) is 7.24. The maximum Gasteiger partial charge on any atom is 0.167 e. The van der Waals surface area contributed by atoms with Gasteiger partial charge < -0.3 is 14.6 Å². The van der Waals surface area contributed by atoms with Crippen molar-refractivity contribution in [1.82, 2.24) is 5.01 Å². The minimum atomic E-state index is -0.786. The van der Waals surface area contributed by atoms with Crippen LogP contribution < -0.4 is 4.74 Å². The van der Waals surface area contributed by atoms with Crippen LogP contribution in [0.5, 0.6) is 5.75 Å². The Kier molecular flexibility index (Phi) is 16.9. The zero-order valence-electron chi connectivity index (χ0n) is 25.9. The van der Waals surface area contributed by atoms with Crippen molar-refractivity contribution in [2.24, 2.45) is 11.0 Å². The number of rotatable bonds is 19. The molecule has 0 amide bonds. The average molecular weight is 575 g/mol. The lowest BCUT2D eigenvalue weighted by molar-refractivity contribution is -0.121. The quantitative estimate of drug-likeness (QED) is 0.0357. The van der Waals surface area contributed by atoms with Gasteiger partial charge in [-0.1, -0.05) is 63.4 Å². The van der Waals surface area contributed by atoms with Crippen molar-refractivity contribution in [2.75, 3.05) is 20.3 Å². The van der Waals surface area contributed by atoms with Gasteiger partial charge in [0.1, 0.15) is 18.1 Å². The summed E-state index contributed by atoms with van der Waals surface area (Å²) in [6.45, 7) is 17.1. The number of methoxy groups -OCH3 is 1. The highest BCUT2D eigenvalue weighted by molar-refractivity contribution is 6.02. The molecule has 0 aliphatic heterocycles. The molecule has 0 saturated carbocycles. The van der Waals surface area contributed by atoms with Crippen molar-refractivity contribution in [1.29, 1.82) is 0 Å². The molecule has 42 heavy (non-hydrogen) atoms. The van der Waals surface area contributed by atoms with Crippen LogP contribution in [0.15, 0.2) is 108 Å². The van der Waals surface area contributed by atoms with Gasteiger partial charge in [0, 0.05) is 31.0 Å². The molecule has 1 aromatic rings. The standard InChI is InChI=1S/C35H46N2O5/c1-9-12-13-18-34(42-25-28(7)38)35(26(4)5)32(39)17-15-14-16-31(27(6)11-3)36-37(23-10-2)24-33(40)29-19-21-30(41-8)22-20-29/h9-11,13-15,19-23,26,33,40H,3,6,16-18,24-25H2,1-2,4-5,7-8H3/b15-14+,23-10+,35-34+,36-31-/t12?,33-/m0/s1. The second-order valence-electron chi connectivity index (χ2n) is 9.82. The normalized spacial score (nSPS) is 12.9. The van der Waals surface area contributed by atoms with Gasteiger partial charge in [-0.3, -0.25) is 14.6 Å². The van der Waals surface area contributed by atoms with Crippen LogP contribution in [0.2, 0.25) is 0 Å². The van der Waals surface area contributed by atoms with E-state index >= 15 is 0 Å². The molecule has 0 radical (unpaired) electrons. The number of benzene rings is 1. The maximum atomic E-state index is 13.3. The fourth-order valence-corrected chi connectivity index (χ4v) is 3.92. The third kappa shape index (κ3) is 13.0. The van der Waals surface area contributed by atoms with E-state index in [1.165, 1.54) is 6.92 Å². The van der Waals surface area contributed by atoms with Gasteiger partial charge in [-0.25, -0.2) is 0 Å². The third-order valence-electron chi connectivity index (χ3n) is 6.03. The van der Waals surface area contributed by atoms with Crippen LogP contribution in [-0.4, -0.2) is 47.7 Å². The van der Waals surface area contributed by atoms with Gasteiger partial charge in [0.25, 0.3) is 0 Å². The molecule has 226 valence electrons. The highest BCUT2D eigenvalue weighted by Crippen LogP contribution is 2.23. The third-order valence-corrected chi connectivity index (χ3v) is 6.03. The molecule has 0 fully saturated rings. The Balaban J connectivity index is 3.13. The number of aliphatic hydroxyl groups is 1. The minimum absolute atomic E-state index is 0.0760. The Bertz CT molecular complexity index is 1240. The van der Waals surface area contributed by atoms with Crippen molar-refractivity contribution < 1.29 is 24.2 Å². The van der Waals surface area contributed by atoms with Gasteiger partial charge in [-0.2, -0.15) is 5.10 Å². The summed E-state index contributed by atoms with van der Waals surface area (Å²) in [5.74, 6) is 0.928. The largest absolute Gasteiger partial charge is 0.497 e. The van der Waals surface area contributed by atoms with Crippen LogP contribution in [0.3, 0.4) is 0 Å². The molecule has 0 aliphatic carbocycles. The van der Waals surface area contributed by atoms with Crippen LogP contribution >= 0.6 is 0 Å². The highest BCUT2D eigenvalue weighted by Gasteiger charge is 2.19. The van der Waals surface area contributed by atoms with Gasteiger partial charge in [0.2, 0.25) is 0 Å². The first-order chi connectivity index (χ1) is 20.1. The molecule has 0 aliphatic rings. The number of hydrazone groups is 1. The van der Waals surface area contributed by atoms with E-state index in [9.17, 15) is 14.7 Å². The predicted molar refractivity (Wildman–Crippen MR) is 171 cm³/mol. The average Bonchev–Trinajstić information content (AvgIpc) is 2.96. The summed E-state index contributed by atoms with van der Waals surface area (Å²) in [5.41, 5.74) is 5.58. The molecule has 0 spiro atoms. The lowest BCUT2D eigenvalue weighted by Gasteiger charge is -2.21. The van der Waals surface area contributed by atoms with Gasteiger partial charge in [0.05, 0.1) is 25.5 Å². The van der Waals surface area contributed by atoms with E-state index in [0.29, 0.717) is 41.2 Å². The SMILES string of the molecule is C=CC(=C)/C(C/C=C/CC(=O)/C(=C(\CC=C=CC)OCC(C)=O)C(C)C)=N\N(/C=C/C)C[C@H](O)c1ccc(OC)cc1. The number of ketones is 2. The predicted octanol–water partition coefficient (Wildman–Crippen LogP) is 7.20. The van der Waals surface area contributed by atoms with Gasteiger partial charge >= 0.3 is 0 Å². The van der Waals surface area contributed by atoms with E-state index < -0.39 is 6.10 Å². The Morgan fingerprint density at radius 1 is 1.12 bits per heavy atom. The summed E-state index contributed by atoms with van der Waals surface area (Å²) >= 11 is 0. The van der Waals surface area contributed by atoms with Crippen molar-refractivity contribution >= 4 is 17.3 Å². The first-order valence-corrected chi connectivity index (χ1v) is 14.1. The molecule has 1 atom stereocenters. The van der Waals surface area contributed by atoms with E-state index in [2.05, 4.69) is 18.9 Å². The number of ether oxygens (including phenoxy) is 2. The molecule has 0 bridgehead atoms. The fraction of sp³-hybridized carbons (Fsp3) is 0.371. The van der Waals surface area contributed by atoms with Crippen LogP contribution in [0.1, 0.15) is 65.5 Å². The highest BCUT2D eigenvalue weighted by atomic mass is 16.5. The number of Topliss-reactive ketones (excluding diaryl/α,β-unsaturated/α-hetero) is 2. The van der Waals surface area contributed by atoms with Gasteiger partial charge in [-0.05, 0) is 62.1 Å². The van der Waals surface area contributed by atoms with Gasteiger partial charge in [0.15, 0.2) is 11.6 Å². The number of allylic oxidation sites excluding steroid dienone is 7. The molecular formula is C35H46N2O5. The Hall–Kier alpha value is -4.19. The number of hydrogen-bond acceptors (Lipinski definition) is 7. The van der Waals surface area contributed by atoms with Gasteiger partial charge in [-0.15, -0.1) is 5.73 Å². The summed E-state index contributed by atoms with van der Waals surface area (Å²) in [7, 11) is 1.60. The molecule has 7 nitrogen and oxygen atoms in total. The van der Waals surface area contributed by atoms with Crippen LogP contribution in [-0.2, 0) is 14.3 Å². The number of carbonyl (C=O) groups is 2. The van der Waals surface area contributed by atoms with Crippen molar-refractivity contribution in [3.63, 3.8) is 0 Å². The molecular weight excluding hydrogens is 528 g/mol. The summed E-state index contributed by atoms with van der Waals surface area (Å²) in [5, 5.41) is 17.2. The number of carbonyl (C=O) groups excluding carboxylic acids is 2. The molecule has 1 rings (SSSR count). The summed E-state index contributed by atoms with van der Waals surface area (Å²) in [6.07, 6.45) is 12.6. The van der Waals surface area contributed by atoms with E-state index in [0.717, 1.165) is 5.56 Å². The van der Waals surface area contributed by atoms with Crippen molar-refractivity contribution in [2.45, 2.75) is 60.0 Å². The van der Waals surface area contributed by atoms with E-state index in [4.69, 9.17) is 14.6 Å². The smallest absolute Gasteiger partial charge is 0.167 e. The summed E-state index contributed by atoms with van der Waals surface area (Å²) < 4.78 is 10.9. The molecule has 7 heteroatoms. The molecule has 1 N–H and O–H groups in total. The monoisotopic (exact) mass is 574 g/mol. The summed E-state index contributed by atoms with van der Waals surface area (Å²) in [4.78, 5) is 24.8. The van der Waals surface area contributed by atoms with Crippen LogP contribution in [0.4, 0.5) is 0 Å². The van der Waals surface area contributed by atoms with E-state index in [-0.39, 0.29) is 37.1 Å². The first kappa shape index (κ1) is 35.8. The molecule has 1 aromatic carbocycles. The zero-order chi connectivity index (χ0) is 31.5. The molecule has 0 saturated heterocycles. The topological polar surface area (TPSA) is 88.4 Å². The Labute approximate surface area is 251 Å². The lowest BCUT2D eigenvalue weighted by atomic mass is 9.94. The first-order valence-electron chi connectivity index (χ1n) is 14.1. The molecule has 0 unspecified atom stereocenters. The lowest BCUT2D eigenvalue weighted by Crippen LogP contribution is -2.21. The van der Waals surface area contributed by atoms with E-state index in [1.807, 2.05) is 52.0 Å². The van der Waals surface area contributed by atoms with Crippen molar-refractivity contribution in [3.05, 3.63) is 108 Å². The van der Waals surface area contributed by atoms with Crippen molar-refractivity contribution in [3.8, 4) is 5.75 Å². The fourth-order valence-electron chi connectivity index (χ4n) is 3.92. The number of aliphatic hydroxyl groups excluding tert-OH is 1. The number of hydrogen-bond donors (Lipinski definition) is 1. The zero-order valence-corrected chi connectivity index (χ0v) is 25.9. The minimum Gasteiger partial charge on any atom is -0.497 e. The van der Waals surface area contributed by atoms with E-state index in [1.54, 1.807) is 54.8 Å². The second-order valence-corrected chi connectivity index (χ2v) is 9.82. The second kappa shape index (κ2) is 19.8. The van der Waals surface area contributed by atoms with Crippen LogP contribution in [0.25, 0.3) is 0 Å².